The van der Waals surface area contributed by atoms with Crippen LogP contribution in [0.15, 0.2) is 34.9 Å². The van der Waals surface area contributed by atoms with Crippen LogP contribution >= 0.6 is 27.7 Å². The number of amides is 1. The average molecular weight is 734 g/mol. The van der Waals surface area contributed by atoms with Crippen molar-refractivity contribution in [1.29, 1.82) is 0 Å². The number of rotatable bonds is 13. The predicted molar refractivity (Wildman–Crippen MR) is 193 cm³/mol. The Labute approximate surface area is 280 Å². The van der Waals surface area contributed by atoms with Crippen molar-refractivity contribution in [1.82, 2.24) is 14.6 Å². The number of benzene rings is 1. The zero-order chi connectivity index (χ0) is 32.4. The van der Waals surface area contributed by atoms with Crippen molar-refractivity contribution in [2.45, 2.75) is 57.3 Å². The number of nitrogens with zero attached hydrogens (tertiary/aromatic N) is 5. The number of para-hydroxylation sites is 1. The first-order chi connectivity index (χ1) is 21.3. The molecule has 0 aliphatic carbocycles. The van der Waals surface area contributed by atoms with Gasteiger partial charge < -0.3 is 24.6 Å². The van der Waals surface area contributed by atoms with E-state index in [1.165, 1.54) is 0 Å². The zero-order valence-electron chi connectivity index (χ0n) is 27.2. The molecule has 1 atom stereocenters. The molecule has 2 aliphatic heterocycles. The van der Waals surface area contributed by atoms with E-state index in [2.05, 4.69) is 65.4 Å². The lowest BCUT2D eigenvalue weighted by molar-refractivity contribution is -0.116. The van der Waals surface area contributed by atoms with E-state index in [0.29, 0.717) is 49.1 Å². The molecule has 5 rings (SSSR count). The number of ketones is 1. The summed E-state index contributed by atoms with van der Waals surface area (Å²) >= 11 is 5.84. The SMILES string of the molecule is C[Si](C)(C)CCOCN(COCC[Si](C)(C)C)c1c(Br)c(N2CCSCC2)nc2c(C3C(=O)Nc4ccccc4C3=O)cnn12. The maximum absolute atomic E-state index is 13.8. The van der Waals surface area contributed by atoms with Gasteiger partial charge in [-0.3, -0.25) is 9.59 Å². The fourth-order valence-electron chi connectivity index (χ4n) is 5.26. The Bertz CT molecular complexity index is 1510. The molecule has 244 valence electrons. The van der Waals surface area contributed by atoms with E-state index in [-0.39, 0.29) is 11.7 Å². The summed E-state index contributed by atoms with van der Waals surface area (Å²) in [5, 5.41) is 7.67. The summed E-state index contributed by atoms with van der Waals surface area (Å²) < 4.78 is 15.1. The number of aromatic nitrogens is 3. The van der Waals surface area contributed by atoms with Gasteiger partial charge in [-0.2, -0.15) is 21.4 Å². The molecule has 0 spiro atoms. The topological polar surface area (TPSA) is 101 Å². The molecule has 4 heterocycles. The molecule has 45 heavy (non-hydrogen) atoms. The van der Waals surface area contributed by atoms with Crippen molar-refractivity contribution in [3.8, 4) is 0 Å². The molecule has 1 amide bonds. The molecule has 0 radical (unpaired) electrons. The Morgan fingerprint density at radius 2 is 1.62 bits per heavy atom. The summed E-state index contributed by atoms with van der Waals surface area (Å²) in [6.45, 7) is 17.6. The monoisotopic (exact) mass is 732 g/mol. The zero-order valence-corrected chi connectivity index (χ0v) is 31.6. The highest BCUT2D eigenvalue weighted by atomic mass is 79.9. The van der Waals surface area contributed by atoms with Crippen molar-refractivity contribution in [3.05, 3.63) is 46.1 Å². The van der Waals surface area contributed by atoms with Crippen LogP contribution < -0.4 is 15.1 Å². The van der Waals surface area contributed by atoms with Crippen LogP contribution in [0, 0.1) is 0 Å². The first-order valence-corrected chi connectivity index (χ1v) is 24.9. The standard InChI is InChI=1S/C31H45BrN6O4SSi2/c1-44(2,3)17-13-41-20-37(21-42-14-18-45(4,5)6)31-26(32)29(36-11-15-43-16-12-36)35-28-23(19-33-38(28)31)25-27(39)22-9-7-8-10-24(22)34-30(25)40/h7-10,19,25H,11-18,20-21H2,1-6H3,(H,34,40). The molecule has 1 unspecified atom stereocenters. The third-order valence-electron chi connectivity index (χ3n) is 7.96. The van der Waals surface area contributed by atoms with Crippen LogP contribution in [-0.2, 0) is 14.3 Å². The van der Waals surface area contributed by atoms with Gasteiger partial charge >= 0.3 is 0 Å². The maximum atomic E-state index is 13.8. The summed E-state index contributed by atoms with van der Waals surface area (Å²) in [5.41, 5.74) is 1.97. The molecule has 1 fully saturated rings. The summed E-state index contributed by atoms with van der Waals surface area (Å²) in [4.78, 5) is 36.6. The highest BCUT2D eigenvalue weighted by Crippen LogP contribution is 2.39. The number of Topliss-reactive ketones (excluding diaryl/α,β-unsaturated/α-hetero) is 1. The fraction of sp³-hybridized carbons (Fsp3) is 0.548. The predicted octanol–water partition coefficient (Wildman–Crippen LogP) is 6.39. The molecule has 0 saturated carbocycles. The van der Waals surface area contributed by atoms with E-state index in [4.69, 9.17) is 19.6 Å². The van der Waals surface area contributed by atoms with Gasteiger partial charge in [0.25, 0.3) is 0 Å². The molecule has 0 bridgehead atoms. The number of ether oxygens (including phenoxy) is 2. The third kappa shape index (κ3) is 8.20. The lowest BCUT2D eigenvalue weighted by atomic mass is 9.87. The number of carbonyl (C=O) groups excluding carboxylic acids is 2. The van der Waals surface area contributed by atoms with Gasteiger partial charge in [0.1, 0.15) is 29.7 Å². The van der Waals surface area contributed by atoms with Crippen molar-refractivity contribution in [2.75, 3.05) is 66.4 Å². The average Bonchev–Trinajstić information content (AvgIpc) is 3.38. The fourth-order valence-corrected chi connectivity index (χ4v) is 8.43. The van der Waals surface area contributed by atoms with E-state index >= 15 is 0 Å². The smallest absolute Gasteiger partial charge is 0.240 e. The molecule has 2 aromatic heterocycles. The van der Waals surface area contributed by atoms with Gasteiger partial charge in [0.05, 0.1) is 11.9 Å². The van der Waals surface area contributed by atoms with Crippen LogP contribution in [0.3, 0.4) is 0 Å². The number of thioether (sulfide) groups is 1. The largest absolute Gasteiger partial charge is 0.361 e. The highest BCUT2D eigenvalue weighted by Gasteiger charge is 2.39. The summed E-state index contributed by atoms with van der Waals surface area (Å²) in [7, 11) is -2.57. The normalized spacial score (nSPS) is 17.5. The first kappa shape index (κ1) is 34.1. The number of halogens is 1. The molecule has 1 saturated heterocycles. The van der Waals surface area contributed by atoms with Gasteiger partial charge in [-0.15, -0.1) is 0 Å². The van der Waals surface area contributed by atoms with Crippen molar-refractivity contribution in [2.24, 2.45) is 0 Å². The minimum atomic E-state index is -1.29. The Kier molecular flexibility index (Phi) is 10.8. The lowest BCUT2D eigenvalue weighted by Crippen LogP contribution is -2.36. The number of fused-ring (bicyclic) bond motifs is 2. The van der Waals surface area contributed by atoms with Gasteiger partial charge in [0.15, 0.2) is 17.2 Å². The van der Waals surface area contributed by atoms with Gasteiger partial charge in [-0.1, -0.05) is 51.4 Å². The number of anilines is 3. The molecule has 1 N–H and O–H groups in total. The Morgan fingerprint density at radius 1 is 1.00 bits per heavy atom. The number of nitrogens with one attached hydrogen (secondary N) is 1. The molecule has 2 aliphatic rings. The summed E-state index contributed by atoms with van der Waals surface area (Å²) in [5.74, 6) is 1.78. The Morgan fingerprint density at radius 3 is 2.24 bits per heavy atom. The first-order valence-electron chi connectivity index (χ1n) is 15.6. The molecule has 1 aromatic carbocycles. The quantitative estimate of drug-likeness (QED) is 0.0927. The molecular weight excluding hydrogens is 689 g/mol. The van der Waals surface area contributed by atoms with Crippen LogP contribution in [0.2, 0.25) is 51.4 Å². The van der Waals surface area contributed by atoms with Crippen LogP contribution in [0.25, 0.3) is 5.65 Å². The van der Waals surface area contributed by atoms with Crippen LogP contribution in [-0.4, -0.2) is 93.7 Å². The van der Waals surface area contributed by atoms with Crippen LogP contribution in [0.1, 0.15) is 21.8 Å². The molecular formula is C31H45BrN6O4SSi2. The van der Waals surface area contributed by atoms with E-state index in [0.717, 1.165) is 52.8 Å². The molecule has 10 nitrogen and oxygen atoms in total. The number of hydrogen-bond acceptors (Lipinski definition) is 9. The van der Waals surface area contributed by atoms with Crippen LogP contribution in [0.4, 0.5) is 17.3 Å². The maximum Gasteiger partial charge on any atom is 0.240 e. The lowest BCUT2D eigenvalue weighted by Gasteiger charge is -2.32. The second-order valence-corrected chi connectivity index (χ2v) is 27.3. The van der Waals surface area contributed by atoms with E-state index in [1.807, 2.05) is 28.8 Å². The van der Waals surface area contributed by atoms with E-state index in [9.17, 15) is 9.59 Å². The van der Waals surface area contributed by atoms with Gasteiger partial charge in [-0.05, 0) is 40.2 Å². The minimum Gasteiger partial charge on any atom is -0.361 e. The Balaban J connectivity index is 1.58. The number of hydrogen-bond donors (Lipinski definition) is 1. The minimum absolute atomic E-state index is 0.257. The van der Waals surface area contributed by atoms with Crippen molar-refractivity contribution in [3.63, 3.8) is 0 Å². The van der Waals surface area contributed by atoms with Gasteiger partial charge in [0, 0.05) is 65.1 Å². The van der Waals surface area contributed by atoms with Gasteiger partial charge in [-0.25, -0.2) is 4.98 Å². The van der Waals surface area contributed by atoms with Crippen molar-refractivity contribution < 1.29 is 19.1 Å². The summed E-state index contributed by atoms with van der Waals surface area (Å²) in [6, 6.07) is 9.21. The van der Waals surface area contributed by atoms with E-state index in [1.54, 1.807) is 22.8 Å². The van der Waals surface area contributed by atoms with Crippen LogP contribution in [0.5, 0.6) is 0 Å². The number of carbonyl (C=O) groups is 2. The second kappa shape index (κ2) is 14.3. The Hall–Kier alpha value is -2.24. The second-order valence-electron chi connectivity index (χ2n) is 14.1. The summed E-state index contributed by atoms with van der Waals surface area (Å²) in [6.07, 6.45) is 1.61. The highest BCUT2D eigenvalue weighted by molar-refractivity contribution is 9.10. The molecule has 14 heteroatoms. The van der Waals surface area contributed by atoms with Gasteiger partial charge in [0.2, 0.25) is 5.91 Å². The van der Waals surface area contributed by atoms with Crippen molar-refractivity contribution >= 4 is 78.5 Å². The molecule has 3 aromatic rings. The van der Waals surface area contributed by atoms with E-state index < -0.39 is 22.1 Å². The third-order valence-corrected chi connectivity index (χ3v) is 13.0.